The zero-order chi connectivity index (χ0) is 52.9. The predicted molar refractivity (Wildman–Crippen MR) is 302 cm³/mol. The number of benzene rings is 7. The SMILES string of the molecule is COc1ccc(C(OC[C@H]2O[C@@H](n3nc(CCc4ccc5ccc6cccc7ccc4c5c67)c4c(/N=C\N(C)C)ncnc43)C[C@@H]2OP(OCCC#N)N(C(C)C)C(C)C)(c2ccccc2)c2ccc(OC)cc2)cc1. The summed E-state index contributed by atoms with van der Waals surface area (Å²) in [6.45, 7) is 8.84. The van der Waals surface area contributed by atoms with Gasteiger partial charge in [0.2, 0.25) is 0 Å². The van der Waals surface area contributed by atoms with E-state index in [1.165, 1.54) is 37.9 Å². The van der Waals surface area contributed by atoms with Gasteiger partial charge in [-0.25, -0.2) is 24.3 Å². The molecule has 15 heteroatoms. The molecule has 7 aromatic carbocycles. The van der Waals surface area contributed by atoms with Gasteiger partial charge in [-0.3, -0.25) is 0 Å². The van der Waals surface area contributed by atoms with E-state index in [0.717, 1.165) is 39.3 Å². The second-order valence-corrected chi connectivity index (χ2v) is 21.4. The summed E-state index contributed by atoms with van der Waals surface area (Å²) >= 11 is 0. The van der Waals surface area contributed by atoms with Crippen LogP contribution in [0.25, 0.3) is 43.4 Å². The van der Waals surface area contributed by atoms with Crippen molar-refractivity contribution >= 4 is 64.0 Å². The number of aromatic nitrogens is 4. The molecular formula is C61H65N8O6P. The van der Waals surface area contributed by atoms with Gasteiger partial charge in [-0.05, 0) is 119 Å². The number of aliphatic imine (C=N–C) groups is 1. The normalized spacial score (nSPS) is 16.6. The minimum Gasteiger partial charge on any atom is -0.497 e. The molecule has 0 amide bonds. The Kier molecular flexibility index (Phi) is 15.9. The third-order valence-electron chi connectivity index (χ3n) is 14.2. The summed E-state index contributed by atoms with van der Waals surface area (Å²) in [5.41, 5.74) is 4.20. The number of nitrogens with zero attached hydrogens (tertiary/aromatic N) is 8. The molecule has 4 atom stereocenters. The topological polar surface area (TPSA) is 142 Å². The highest BCUT2D eigenvalue weighted by Gasteiger charge is 2.46. The Labute approximate surface area is 446 Å². The predicted octanol–water partition coefficient (Wildman–Crippen LogP) is 12.7. The van der Waals surface area contributed by atoms with Gasteiger partial charge in [0.25, 0.3) is 8.53 Å². The molecular weight excluding hydrogens is 972 g/mol. The lowest BCUT2D eigenvalue weighted by Gasteiger charge is -2.39. The molecule has 10 rings (SSSR count). The molecule has 0 spiro atoms. The summed E-state index contributed by atoms with van der Waals surface area (Å²) in [4.78, 5) is 16.4. The Morgan fingerprint density at radius 3 is 2.03 bits per heavy atom. The minimum absolute atomic E-state index is 0.0701. The lowest BCUT2D eigenvalue weighted by atomic mass is 9.80. The molecule has 1 aliphatic rings. The second kappa shape index (κ2) is 23.0. The fourth-order valence-electron chi connectivity index (χ4n) is 10.7. The van der Waals surface area contributed by atoms with E-state index in [-0.39, 0.29) is 31.7 Å². The number of methoxy groups -OCH3 is 2. The van der Waals surface area contributed by atoms with Gasteiger partial charge in [0.05, 0.1) is 63.4 Å². The van der Waals surface area contributed by atoms with E-state index in [9.17, 15) is 5.26 Å². The van der Waals surface area contributed by atoms with E-state index >= 15 is 0 Å². The molecule has 2 aromatic heterocycles. The van der Waals surface area contributed by atoms with Gasteiger partial charge >= 0.3 is 0 Å². The molecule has 1 saturated heterocycles. The molecule has 390 valence electrons. The highest BCUT2D eigenvalue weighted by atomic mass is 31.2. The Bertz CT molecular complexity index is 3400. The van der Waals surface area contributed by atoms with Gasteiger partial charge in [0, 0.05) is 32.6 Å². The first kappa shape index (κ1) is 52.4. The van der Waals surface area contributed by atoms with Crippen molar-refractivity contribution in [3.05, 3.63) is 168 Å². The molecule has 1 unspecified atom stereocenters. The maximum atomic E-state index is 9.63. The first-order valence-corrected chi connectivity index (χ1v) is 27.1. The van der Waals surface area contributed by atoms with Crippen LogP contribution in [0.15, 0.2) is 145 Å². The Morgan fingerprint density at radius 1 is 0.763 bits per heavy atom. The molecule has 0 N–H and O–H groups in total. The van der Waals surface area contributed by atoms with E-state index in [2.05, 4.69) is 105 Å². The summed E-state index contributed by atoms with van der Waals surface area (Å²) in [5, 5.41) is 23.3. The molecule has 0 bridgehead atoms. The zero-order valence-corrected chi connectivity index (χ0v) is 45.4. The van der Waals surface area contributed by atoms with Gasteiger partial charge in [-0.15, -0.1) is 0 Å². The molecule has 1 fully saturated rings. The maximum Gasteiger partial charge on any atom is 0.259 e. The van der Waals surface area contributed by atoms with Crippen molar-refractivity contribution in [2.75, 3.05) is 41.5 Å². The summed E-state index contributed by atoms with van der Waals surface area (Å²) in [6.07, 6.45) is 3.33. The Morgan fingerprint density at radius 2 is 1.39 bits per heavy atom. The second-order valence-electron chi connectivity index (χ2n) is 19.9. The van der Waals surface area contributed by atoms with Crippen molar-refractivity contribution in [3.63, 3.8) is 0 Å². The van der Waals surface area contributed by atoms with Crippen molar-refractivity contribution < 1.29 is 28.0 Å². The maximum absolute atomic E-state index is 9.63. The van der Waals surface area contributed by atoms with Gasteiger partial charge in [-0.2, -0.15) is 10.4 Å². The number of hydrogen-bond donors (Lipinski definition) is 0. The van der Waals surface area contributed by atoms with E-state index in [0.29, 0.717) is 30.7 Å². The molecule has 9 aromatic rings. The number of ether oxygens (including phenoxy) is 4. The zero-order valence-electron chi connectivity index (χ0n) is 44.5. The molecule has 1 aliphatic heterocycles. The third kappa shape index (κ3) is 10.4. The van der Waals surface area contributed by atoms with Crippen LogP contribution in [0.4, 0.5) is 5.82 Å². The van der Waals surface area contributed by atoms with Crippen LogP contribution >= 0.6 is 8.53 Å². The van der Waals surface area contributed by atoms with Gasteiger partial charge in [0.15, 0.2) is 17.7 Å². The first-order valence-electron chi connectivity index (χ1n) is 26.0. The Hall–Kier alpha value is -7.08. The van der Waals surface area contributed by atoms with E-state index in [1.54, 1.807) is 26.9 Å². The summed E-state index contributed by atoms with van der Waals surface area (Å²) in [5.74, 6) is 1.97. The van der Waals surface area contributed by atoms with Crippen LogP contribution < -0.4 is 9.47 Å². The van der Waals surface area contributed by atoms with Crippen LogP contribution in [0.1, 0.15) is 74.7 Å². The molecule has 0 saturated carbocycles. The summed E-state index contributed by atoms with van der Waals surface area (Å²) in [7, 11) is 5.50. The third-order valence-corrected chi connectivity index (χ3v) is 16.3. The highest BCUT2D eigenvalue weighted by molar-refractivity contribution is 7.44. The molecule has 0 aliphatic carbocycles. The number of nitriles is 1. The van der Waals surface area contributed by atoms with Gasteiger partial charge < -0.3 is 32.9 Å². The quantitative estimate of drug-likeness (QED) is 0.0159. The lowest BCUT2D eigenvalue weighted by molar-refractivity contribution is -0.0932. The molecule has 76 heavy (non-hydrogen) atoms. The van der Waals surface area contributed by atoms with Crippen LogP contribution in [0.5, 0.6) is 11.5 Å². The molecule has 3 heterocycles. The van der Waals surface area contributed by atoms with E-state index < -0.39 is 32.6 Å². The van der Waals surface area contributed by atoms with Crippen molar-refractivity contribution in [2.24, 2.45) is 4.99 Å². The van der Waals surface area contributed by atoms with E-state index in [1.807, 2.05) is 90.4 Å². The van der Waals surface area contributed by atoms with Crippen LogP contribution in [-0.4, -0.2) is 101 Å². The summed E-state index contributed by atoms with van der Waals surface area (Å²) in [6, 6.07) is 48.5. The Balaban J connectivity index is 1.07. The number of hydrogen-bond acceptors (Lipinski definition) is 12. The average molecular weight is 1040 g/mol. The highest BCUT2D eigenvalue weighted by Crippen LogP contribution is 2.51. The monoisotopic (exact) mass is 1040 g/mol. The van der Waals surface area contributed by atoms with Gasteiger partial charge in [0.1, 0.15) is 29.5 Å². The van der Waals surface area contributed by atoms with Crippen LogP contribution in [0.3, 0.4) is 0 Å². The standard InChI is InChI=1S/C61H65N8O6P/c1-40(2)69(41(3)4)76(73-35-13-34-62)75-53-36-55(74-54(53)37-72-61(46-16-10-9-11-17-46,47-24-28-49(70-7)29-25-47)48-26-30-50(71-8)31-27-48)68-60-58(59(63-38-64-60)65-39-67(5)6)52(66-68)33-23-42-18-19-45-21-20-43-14-12-15-44-22-32-51(42)57(45)56(43)44/h9-12,14-22,24-32,38-41,53-55H,13,23,33,35-37H2,1-8H3/b65-39-/t53-,54+,55+,76?/m0/s1. The fraction of sp³-hybridized carbons (Fsp3) is 0.328. The number of aryl methyl sites for hydroxylation is 2. The molecule has 0 radical (unpaired) electrons. The van der Waals surface area contributed by atoms with Crippen molar-refractivity contribution in [2.45, 2.75) is 89.5 Å². The van der Waals surface area contributed by atoms with Gasteiger partial charge in [-0.1, -0.05) is 109 Å². The number of rotatable bonds is 22. The first-order chi connectivity index (χ1) is 37.0. The average Bonchev–Trinajstić information content (AvgIpc) is 4.03. The minimum atomic E-state index is -1.69. The van der Waals surface area contributed by atoms with Crippen molar-refractivity contribution in [1.29, 1.82) is 5.26 Å². The fourth-order valence-corrected chi connectivity index (χ4v) is 12.5. The smallest absolute Gasteiger partial charge is 0.259 e. The molecule has 14 nitrogen and oxygen atoms in total. The van der Waals surface area contributed by atoms with Crippen molar-refractivity contribution in [3.8, 4) is 17.6 Å². The summed E-state index contributed by atoms with van der Waals surface area (Å²) < 4.78 is 44.1. The number of fused-ring (bicyclic) bond motifs is 1. The van der Waals surface area contributed by atoms with Crippen LogP contribution in [-0.2, 0) is 37.0 Å². The van der Waals surface area contributed by atoms with E-state index in [4.69, 9.17) is 48.1 Å². The largest absolute Gasteiger partial charge is 0.497 e. The van der Waals surface area contributed by atoms with Crippen LogP contribution in [0, 0.1) is 11.3 Å². The van der Waals surface area contributed by atoms with Crippen LogP contribution in [0.2, 0.25) is 0 Å². The lowest BCUT2D eigenvalue weighted by Crippen LogP contribution is -2.39. The van der Waals surface area contributed by atoms with Crippen molar-refractivity contribution in [1.82, 2.24) is 29.3 Å².